The van der Waals surface area contributed by atoms with E-state index in [1.165, 1.54) is 25.7 Å². The third-order valence-corrected chi connectivity index (χ3v) is 12.9. The van der Waals surface area contributed by atoms with E-state index in [1.54, 1.807) is 0 Å². The number of Topliss-reactive ketones (excluding diaryl/α,β-unsaturated/α-hetero) is 2. The van der Waals surface area contributed by atoms with Gasteiger partial charge in [0.05, 0.1) is 6.57 Å². The van der Waals surface area contributed by atoms with Crippen LogP contribution in [0.2, 0.25) is 0 Å². The lowest BCUT2D eigenvalue weighted by molar-refractivity contribution is -0.220. The Morgan fingerprint density at radius 1 is 0.853 bits per heavy atom. The molecular weight excluding hydrogens is 418 g/mol. The summed E-state index contributed by atoms with van der Waals surface area (Å²) in [5.74, 6) is 1.48. The van der Waals surface area contributed by atoms with Crippen LogP contribution in [0.1, 0.15) is 107 Å². The van der Waals surface area contributed by atoms with Gasteiger partial charge in [-0.25, -0.2) is 4.85 Å². The van der Waals surface area contributed by atoms with Gasteiger partial charge in [-0.3, -0.25) is 4.79 Å². The number of allylic oxidation sites excluding steroid dienone is 2. The Morgan fingerprint density at radius 3 is 2.15 bits per heavy atom. The van der Waals surface area contributed by atoms with E-state index in [0.717, 1.165) is 19.3 Å². The zero-order chi connectivity index (χ0) is 25.1. The number of hydrogen-bond donors (Lipinski definition) is 0. The molecule has 4 saturated carbocycles. The van der Waals surface area contributed by atoms with Crippen molar-refractivity contribution in [2.24, 2.45) is 56.2 Å². The highest BCUT2D eigenvalue weighted by atomic mass is 16.1. The molecule has 0 heterocycles. The second-order valence-corrected chi connectivity index (χ2v) is 15.3. The van der Waals surface area contributed by atoms with E-state index in [1.807, 2.05) is 19.9 Å². The van der Waals surface area contributed by atoms with Crippen molar-refractivity contribution in [2.75, 3.05) is 0 Å². The summed E-state index contributed by atoms with van der Waals surface area (Å²) < 4.78 is 0. The van der Waals surface area contributed by atoms with E-state index in [-0.39, 0.29) is 45.2 Å². The molecule has 34 heavy (non-hydrogen) atoms. The van der Waals surface area contributed by atoms with E-state index in [2.05, 4.69) is 46.4 Å². The molecule has 5 aliphatic rings. The van der Waals surface area contributed by atoms with Crippen molar-refractivity contribution in [3.05, 3.63) is 23.2 Å². The van der Waals surface area contributed by atoms with Crippen LogP contribution in [0.5, 0.6) is 0 Å². The van der Waals surface area contributed by atoms with Crippen LogP contribution >= 0.6 is 0 Å². The minimum absolute atomic E-state index is 0.00216. The van der Waals surface area contributed by atoms with Gasteiger partial charge >= 0.3 is 0 Å². The lowest BCUT2D eigenvalue weighted by Crippen LogP contribution is -2.68. The second kappa shape index (κ2) is 6.86. The Balaban J connectivity index is 1.63. The van der Waals surface area contributed by atoms with Crippen LogP contribution in [-0.4, -0.2) is 11.6 Å². The zero-order valence-electron chi connectivity index (χ0n) is 22.8. The first-order valence-electron chi connectivity index (χ1n) is 13.7. The van der Waals surface area contributed by atoms with Crippen LogP contribution in [0.3, 0.4) is 0 Å². The van der Waals surface area contributed by atoms with Gasteiger partial charge < -0.3 is 4.79 Å². The van der Waals surface area contributed by atoms with Crippen molar-refractivity contribution in [3.8, 4) is 0 Å². The number of fused-ring (bicyclic) bond motifs is 7. The number of carbonyl (C=O) groups is 2. The van der Waals surface area contributed by atoms with Gasteiger partial charge in [0.15, 0.2) is 5.78 Å². The summed E-state index contributed by atoms with van der Waals surface area (Å²) in [6.45, 7) is 26.3. The lowest BCUT2D eigenvalue weighted by Gasteiger charge is -2.72. The largest absolute Gasteiger partial charge is 0.307 e. The summed E-state index contributed by atoms with van der Waals surface area (Å²) >= 11 is 0. The lowest BCUT2D eigenvalue weighted by atomic mass is 9.32. The molecule has 0 radical (unpaired) electrons. The highest BCUT2D eigenvalue weighted by molar-refractivity contribution is 6.02. The normalized spacial score (nSPS) is 51.2. The summed E-state index contributed by atoms with van der Waals surface area (Å²) in [6, 6.07) is 0. The van der Waals surface area contributed by atoms with Gasteiger partial charge in [0, 0.05) is 17.8 Å². The monoisotopic (exact) mass is 463 g/mol. The van der Waals surface area contributed by atoms with Gasteiger partial charge in [0.1, 0.15) is 5.78 Å². The van der Waals surface area contributed by atoms with Gasteiger partial charge in [0.2, 0.25) is 5.70 Å². The molecule has 0 spiro atoms. The second-order valence-electron chi connectivity index (χ2n) is 15.3. The first-order valence-corrected chi connectivity index (χ1v) is 13.7. The van der Waals surface area contributed by atoms with Crippen molar-refractivity contribution in [3.63, 3.8) is 0 Å². The fourth-order valence-corrected chi connectivity index (χ4v) is 10.5. The number of hydrogen-bond acceptors (Lipinski definition) is 2. The molecule has 5 rings (SSSR count). The highest BCUT2D eigenvalue weighted by Crippen LogP contribution is 2.75. The van der Waals surface area contributed by atoms with E-state index in [0.29, 0.717) is 29.2 Å². The van der Waals surface area contributed by atoms with Crippen molar-refractivity contribution in [1.82, 2.24) is 0 Å². The third kappa shape index (κ3) is 2.81. The number of ketones is 2. The summed E-state index contributed by atoms with van der Waals surface area (Å²) in [4.78, 5) is 31.2. The smallest absolute Gasteiger partial charge is 0.226 e. The van der Waals surface area contributed by atoms with Gasteiger partial charge in [-0.2, -0.15) is 0 Å². The molecule has 4 fully saturated rings. The first kappa shape index (κ1) is 24.3. The molecule has 3 nitrogen and oxygen atoms in total. The SMILES string of the molecule is [C-]#[N+]C1=C[C@]2(C)[C@H]3CC(=O)[C@@H]4[C@@H]5CC(C)(C)CC[C@]5(C)CC[C@@]4(C)[C@]3(C)CC[C@H]2C(C)(C)C1=O. The average Bonchev–Trinajstić information content (AvgIpc) is 2.74. The zero-order valence-corrected chi connectivity index (χ0v) is 22.8. The van der Waals surface area contributed by atoms with Crippen molar-refractivity contribution in [2.45, 2.75) is 107 Å². The van der Waals surface area contributed by atoms with Crippen molar-refractivity contribution < 1.29 is 9.59 Å². The molecular formula is C31H45NO2. The molecule has 0 aromatic rings. The topological polar surface area (TPSA) is 38.5 Å². The van der Waals surface area contributed by atoms with Crippen LogP contribution in [0.15, 0.2) is 11.8 Å². The number of nitrogens with zero attached hydrogens (tertiary/aromatic N) is 1. The molecule has 0 unspecified atom stereocenters. The van der Waals surface area contributed by atoms with Crippen molar-refractivity contribution >= 4 is 11.6 Å². The molecule has 0 aromatic heterocycles. The van der Waals surface area contributed by atoms with E-state index in [9.17, 15) is 9.59 Å². The van der Waals surface area contributed by atoms with E-state index >= 15 is 0 Å². The highest BCUT2D eigenvalue weighted by Gasteiger charge is 2.71. The fraction of sp³-hybridized carbons (Fsp3) is 0.839. The van der Waals surface area contributed by atoms with Crippen LogP contribution in [0.25, 0.3) is 4.85 Å². The summed E-state index contributed by atoms with van der Waals surface area (Å²) in [5, 5.41) is 0. The molecule has 0 N–H and O–H groups in total. The Bertz CT molecular complexity index is 1030. The maximum atomic E-state index is 14.3. The minimum atomic E-state index is -0.552. The van der Waals surface area contributed by atoms with E-state index < -0.39 is 5.41 Å². The average molecular weight is 464 g/mol. The molecule has 0 saturated heterocycles. The molecule has 0 amide bonds. The van der Waals surface area contributed by atoms with Gasteiger partial charge in [-0.05, 0) is 89.8 Å². The fourth-order valence-electron chi connectivity index (χ4n) is 10.5. The maximum absolute atomic E-state index is 14.3. The Labute approximate surface area is 207 Å². The number of carbonyl (C=O) groups excluding carboxylic acids is 2. The predicted octanol–water partition coefficient (Wildman–Crippen LogP) is 7.66. The van der Waals surface area contributed by atoms with Crippen LogP contribution in [0.4, 0.5) is 0 Å². The third-order valence-electron chi connectivity index (χ3n) is 12.9. The quantitative estimate of drug-likeness (QED) is 0.346. The predicted molar refractivity (Wildman–Crippen MR) is 136 cm³/mol. The van der Waals surface area contributed by atoms with Crippen LogP contribution < -0.4 is 0 Å². The Kier molecular flexibility index (Phi) is 4.90. The standard InChI is InChI=1S/C31H45NO2/c1-26(2)12-13-28(5)14-15-31(8)24(19(28)17-26)21(33)16-23-29(6)18-20(32-9)25(34)27(3,4)22(29)10-11-30(23,31)7/h18-19,22-24H,10-17H2,1-8H3/t19-,22-,23+,24-,28+,29-,30+,31+/m0/s1. The molecule has 8 atom stereocenters. The summed E-state index contributed by atoms with van der Waals surface area (Å²) in [5.41, 5.74) is 0.0833. The summed E-state index contributed by atoms with van der Waals surface area (Å²) in [7, 11) is 0. The van der Waals surface area contributed by atoms with Gasteiger partial charge in [-0.15, -0.1) is 0 Å². The van der Waals surface area contributed by atoms with Gasteiger partial charge in [0.25, 0.3) is 0 Å². The van der Waals surface area contributed by atoms with Gasteiger partial charge in [-0.1, -0.05) is 61.5 Å². The molecule has 186 valence electrons. The Hall–Kier alpha value is -1.43. The maximum Gasteiger partial charge on any atom is 0.226 e. The molecule has 0 bridgehead atoms. The van der Waals surface area contributed by atoms with E-state index in [4.69, 9.17) is 6.57 Å². The minimum Gasteiger partial charge on any atom is -0.307 e. The summed E-state index contributed by atoms with van der Waals surface area (Å²) in [6.07, 6.45) is 10.8. The molecule has 5 aliphatic carbocycles. The van der Waals surface area contributed by atoms with Crippen LogP contribution in [0, 0.1) is 62.7 Å². The Morgan fingerprint density at radius 2 is 1.50 bits per heavy atom. The first-order chi connectivity index (χ1) is 15.6. The molecule has 0 aromatic carbocycles. The molecule has 0 aliphatic heterocycles. The number of rotatable bonds is 0. The van der Waals surface area contributed by atoms with Crippen LogP contribution in [-0.2, 0) is 9.59 Å². The molecule has 3 heteroatoms. The van der Waals surface area contributed by atoms with Crippen molar-refractivity contribution in [1.29, 1.82) is 0 Å².